The van der Waals surface area contributed by atoms with Crippen LogP contribution in [0.3, 0.4) is 0 Å². The summed E-state index contributed by atoms with van der Waals surface area (Å²) in [6.45, 7) is 1.83. The topological polar surface area (TPSA) is 24.9 Å². The highest BCUT2D eigenvalue weighted by Crippen LogP contribution is 2.32. The molecule has 100 valence electrons. The number of aromatic nitrogens is 1. The Bertz CT molecular complexity index is 597. The predicted octanol–water partition coefficient (Wildman–Crippen LogP) is 4.91. The van der Waals surface area contributed by atoms with E-state index in [-0.39, 0.29) is 0 Å². The highest BCUT2D eigenvalue weighted by Gasteiger charge is 2.30. The van der Waals surface area contributed by atoms with Crippen LogP contribution >= 0.6 is 15.9 Å². The van der Waals surface area contributed by atoms with Crippen LogP contribution in [0.2, 0.25) is 0 Å². The molecular weight excluding hydrogens is 321 g/mol. The Hall–Kier alpha value is -1.56. The van der Waals surface area contributed by atoms with Gasteiger partial charge in [-0.15, -0.1) is 0 Å². The summed E-state index contributed by atoms with van der Waals surface area (Å²) in [5.41, 5.74) is 1.26. The molecule has 1 aromatic heterocycles. The average Bonchev–Trinajstić information content (AvgIpc) is 2.33. The monoisotopic (exact) mass is 330 g/mol. The lowest BCUT2D eigenvalue weighted by atomic mass is 10.2. The molecule has 6 heteroatoms. The van der Waals surface area contributed by atoms with Gasteiger partial charge in [-0.3, -0.25) is 0 Å². The largest absolute Gasteiger partial charge is 0.416 e. The smallest absolute Gasteiger partial charge is 0.355 e. The van der Waals surface area contributed by atoms with Crippen LogP contribution in [0.15, 0.2) is 41.1 Å². The number of anilines is 2. The van der Waals surface area contributed by atoms with E-state index >= 15 is 0 Å². The Morgan fingerprint density at radius 1 is 1.21 bits per heavy atom. The van der Waals surface area contributed by atoms with Crippen molar-refractivity contribution in [3.05, 3.63) is 52.3 Å². The lowest BCUT2D eigenvalue weighted by Gasteiger charge is -2.12. The fourth-order valence-corrected chi connectivity index (χ4v) is 1.89. The van der Waals surface area contributed by atoms with Gasteiger partial charge in [-0.05, 0) is 52.7 Å². The molecule has 0 aliphatic rings. The first-order valence-corrected chi connectivity index (χ1v) is 6.22. The molecule has 19 heavy (non-hydrogen) atoms. The molecule has 0 aliphatic carbocycles. The molecule has 0 atom stereocenters. The van der Waals surface area contributed by atoms with Crippen molar-refractivity contribution in [1.82, 2.24) is 4.98 Å². The number of pyridine rings is 1. The van der Waals surface area contributed by atoms with Gasteiger partial charge in [0, 0.05) is 17.6 Å². The van der Waals surface area contributed by atoms with E-state index in [1.807, 2.05) is 6.92 Å². The van der Waals surface area contributed by atoms with Gasteiger partial charge in [0.25, 0.3) is 0 Å². The summed E-state index contributed by atoms with van der Waals surface area (Å²) in [6, 6.07) is 6.80. The Morgan fingerprint density at radius 2 is 1.95 bits per heavy atom. The summed E-state index contributed by atoms with van der Waals surface area (Å²) >= 11 is 3.22. The van der Waals surface area contributed by atoms with Crippen molar-refractivity contribution in [2.75, 3.05) is 5.32 Å². The minimum atomic E-state index is -4.34. The molecule has 1 aromatic carbocycles. The number of hydrogen-bond acceptors (Lipinski definition) is 2. The first-order chi connectivity index (χ1) is 8.86. The lowest BCUT2D eigenvalue weighted by molar-refractivity contribution is -0.137. The van der Waals surface area contributed by atoms with Crippen molar-refractivity contribution < 1.29 is 13.2 Å². The Labute approximate surface area is 116 Å². The molecule has 1 N–H and O–H groups in total. The maximum Gasteiger partial charge on any atom is 0.416 e. The molecule has 0 bridgehead atoms. The van der Waals surface area contributed by atoms with E-state index in [4.69, 9.17) is 0 Å². The van der Waals surface area contributed by atoms with E-state index in [1.54, 1.807) is 18.3 Å². The summed E-state index contributed by atoms with van der Waals surface area (Å²) in [5.74, 6) is 0. The van der Waals surface area contributed by atoms with Gasteiger partial charge < -0.3 is 5.32 Å². The van der Waals surface area contributed by atoms with Gasteiger partial charge >= 0.3 is 6.18 Å². The maximum atomic E-state index is 12.6. The third-order valence-corrected chi connectivity index (χ3v) is 2.97. The van der Waals surface area contributed by atoms with Crippen molar-refractivity contribution in [2.24, 2.45) is 0 Å². The average molecular weight is 331 g/mol. The van der Waals surface area contributed by atoms with E-state index < -0.39 is 11.7 Å². The minimum absolute atomic E-state index is 0.385. The zero-order valence-corrected chi connectivity index (χ0v) is 11.5. The fraction of sp³-hybridized carbons (Fsp3) is 0.154. The number of nitrogens with zero attached hydrogens (tertiary/aromatic N) is 1. The van der Waals surface area contributed by atoms with Gasteiger partial charge in [0.2, 0.25) is 0 Å². The van der Waals surface area contributed by atoms with E-state index in [0.717, 1.165) is 17.7 Å². The number of rotatable bonds is 2. The molecule has 2 nitrogen and oxygen atoms in total. The molecule has 0 saturated carbocycles. The van der Waals surface area contributed by atoms with Gasteiger partial charge in [-0.25, -0.2) is 4.98 Å². The van der Waals surface area contributed by atoms with Crippen LogP contribution in [0.5, 0.6) is 0 Å². The van der Waals surface area contributed by atoms with Gasteiger partial charge in [0.15, 0.2) is 0 Å². The van der Waals surface area contributed by atoms with Crippen molar-refractivity contribution in [2.45, 2.75) is 13.1 Å². The second kappa shape index (κ2) is 5.21. The normalized spacial score (nSPS) is 11.4. The quantitative estimate of drug-likeness (QED) is 0.791. The number of benzene rings is 1. The van der Waals surface area contributed by atoms with Gasteiger partial charge in [-0.2, -0.15) is 13.2 Å². The lowest BCUT2D eigenvalue weighted by Crippen LogP contribution is -2.05. The summed E-state index contributed by atoms with van der Waals surface area (Å²) in [6.07, 6.45) is -2.70. The van der Waals surface area contributed by atoms with Crippen molar-refractivity contribution in [3.8, 4) is 0 Å². The molecule has 0 amide bonds. The molecule has 0 radical (unpaired) electrons. The summed E-state index contributed by atoms with van der Waals surface area (Å²) in [7, 11) is 0. The molecule has 0 fully saturated rings. The molecule has 1 heterocycles. The van der Waals surface area contributed by atoms with Crippen LogP contribution in [0.25, 0.3) is 0 Å². The van der Waals surface area contributed by atoms with Crippen LogP contribution in [0.4, 0.5) is 24.5 Å². The van der Waals surface area contributed by atoms with Crippen molar-refractivity contribution >= 4 is 27.3 Å². The summed E-state index contributed by atoms with van der Waals surface area (Å²) < 4.78 is 38.4. The molecule has 0 spiro atoms. The third-order valence-electron chi connectivity index (χ3n) is 2.54. The second-order valence-corrected chi connectivity index (χ2v) is 4.84. The van der Waals surface area contributed by atoms with Crippen LogP contribution < -0.4 is 5.32 Å². The summed E-state index contributed by atoms with van der Waals surface area (Å²) in [5, 5.41) is 2.96. The van der Waals surface area contributed by atoms with Crippen LogP contribution in [-0.4, -0.2) is 4.98 Å². The van der Waals surface area contributed by atoms with Crippen molar-refractivity contribution in [1.29, 1.82) is 0 Å². The Morgan fingerprint density at radius 3 is 2.63 bits per heavy atom. The zero-order valence-electron chi connectivity index (χ0n) is 9.92. The highest BCUT2D eigenvalue weighted by molar-refractivity contribution is 9.10. The maximum absolute atomic E-state index is 12.6. The zero-order chi connectivity index (χ0) is 14.0. The Kier molecular flexibility index (Phi) is 3.80. The molecule has 0 aliphatic heterocycles. The third kappa shape index (κ3) is 3.47. The predicted molar refractivity (Wildman–Crippen MR) is 71.4 cm³/mol. The van der Waals surface area contributed by atoms with Crippen molar-refractivity contribution in [3.63, 3.8) is 0 Å². The SMILES string of the molecule is Cc1cnc(Br)cc1Nc1cccc(C(F)(F)F)c1. The molecule has 0 unspecified atom stereocenters. The van der Waals surface area contributed by atoms with Crippen LogP contribution in [-0.2, 0) is 6.18 Å². The van der Waals surface area contributed by atoms with Gasteiger partial charge in [-0.1, -0.05) is 6.07 Å². The highest BCUT2D eigenvalue weighted by atomic mass is 79.9. The number of halogens is 4. The minimum Gasteiger partial charge on any atom is -0.355 e. The summed E-state index contributed by atoms with van der Waals surface area (Å²) in [4.78, 5) is 4.03. The van der Waals surface area contributed by atoms with Gasteiger partial charge in [0.1, 0.15) is 4.60 Å². The van der Waals surface area contributed by atoms with Gasteiger partial charge in [0.05, 0.1) is 5.56 Å². The first kappa shape index (κ1) is 13.9. The fourth-order valence-electron chi connectivity index (χ4n) is 1.56. The van der Waals surface area contributed by atoms with E-state index in [0.29, 0.717) is 16.0 Å². The molecule has 2 rings (SSSR count). The van der Waals surface area contributed by atoms with E-state index in [1.165, 1.54) is 6.07 Å². The van der Waals surface area contributed by atoms with Crippen LogP contribution in [0, 0.1) is 6.92 Å². The van der Waals surface area contributed by atoms with E-state index in [2.05, 4.69) is 26.2 Å². The number of hydrogen-bond donors (Lipinski definition) is 1. The molecule has 2 aromatic rings. The van der Waals surface area contributed by atoms with Crippen LogP contribution in [0.1, 0.15) is 11.1 Å². The molecular formula is C13H10BrF3N2. The molecule has 0 saturated heterocycles. The number of nitrogens with one attached hydrogen (secondary N) is 1. The number of alkyl halides is 3. The standard InChI is InChI=1S/C13H10BrF3N2/c1-8-7-18-12(14)6-11(8)19-10-4-2-3-9(5-10)13(15,16)17/h2-7H,1H3,(H,18,19). The Balaban J connectivity index is 2.31. The van der Waals surface area contributed by atoms with E-state index in [9.17, 15) is 13.2 Å². The number of aryl methyl sites for hydroxylation is 1. The second-order valence-electron chi connectivity index (χ2n) is 4.03. The first-order valence-electron chi connectivity index (χ1n) is 5.43.